The fourth-order valence-corrected chi connectivity index (χ4v) is 2.43. The Kier molecular flexibility index (Phi) is 5.03. The smallest absolute Gasteiger partial charge is 0.254 e. The van der Waals surface area contributed by atoms with Crippen molar-refractivity contribution in [2.24, 2.45) is 0 Å². The highest BCUT2D eigenvalue weighted by molar-refractivity contribution is 5.53. The normalized spacial score (nSPS) is 10.9. The van der Waals surface area contributed by atoms with Crippen LogP contribution in [0, 0.1) is 6.92 Å². The van der Waals surface area contributed by atoms with Crippen molar-refractivity contribution in [3.8, 4) is 23.0 Å². The third-order valence-corrected chi connectivity index (χ3v) is 4.03. The highest BCUT2D eigenvalue weighted by Gasteiger charge is 2.11. The van der Waals surface area contributed by atoms with E-state index in [4.69, 9.17) is 13.9 Å². The van der Waals surface area contributed by atoms with Gasteiger partial charge in [0.15, 0.2) is 6.61 Å². The molecule has 0 atom stereocenters. The predicted octanol–water partition coefficient (Wildman–Crippen LogP) is 4.76. The fourth-order valence-electron chi connectivity index (χ4n) is 2.43. The number of rotatable bonds is 6. The Morgan fingerprint density at radius 3 is 2.48 bits per heavy atom. The SMILES string of the molecule is COc1ccc(-c2nnc(COc3cc(C(C)C)ccc3C)o2)cc1. The number of hydrogen-bond donors (Lipinski definition) is 0. The van der Waals surface area contributed by atoms with E-state index in [-0.39, 0.29) is 6.61 Å². The number of benzene rings is 2. The van der Waals surface area contributed by atoms with Gasteiger partial charge >= 0.3 is 0 Å². The van der Waals surface area contributed by atoms with Gasteiger partial charge < -0.3 is 13.9 Å². The zero-order chi connectivity index (χ0) is 17.8. The van der Waals surface area contributed by atoms with Gasteiger partial charge in [0.1, 0.15) is 11.5 Å². The Morgan fingerprint density at radius 2 is 1.80 bits per heavy atom. The third kappa shape index (κ3) is 3.99. The van der Waals surface area contributed by atoms with Gasteiger partial charge in [0, 0.05) is 5.56 Å². The molecule has 0 amide bonds. The number of methoxy groups -OCH3 is 1. The van der Waals surface area contributed by atoms with Crippen molar-refractivity contribution < 1.29 is 13.9 Å². The summed E-state index contributed by atoms with van der Waals surface area (Å²) in [7, 11) is 1.63. The Hall–Kier alpha value is -2.82. The van der Waals surface area contributed by atoms with Gasteiger partial charge in [-0.15, -0.1) is 10.2 Å². The first-order valence-corrected chi connectivity index (χ1v) is 8.27. The van der Waals surface area contributed by atoms with Crippen LogP contribution in [0.25, 0.3) is 11.5 Å². The molecule has 0 N–H and O–H groups in total. The molecule has 0 bridgehead atoms. The Bertz CT molecular complexity index is 838. The first kappa shape index (κ1) is 17.0. The molecule has 0 unspecified atom stereocenters. The van der Waals surface area contributed by atoms with Crippen molar-refractivity contribution in [1.82, 2.24) is 10.2 Å². The van der Waals surface area contributed by atoms with Gasteiger partial charge in [0.25, 0.3) is 5.89 Å². The Balaban J connectivity index is 1.70. The average molecular weight is 338 g/mol. The molecule has 0 fully saturated rings. The summed E-state index contributed by atoms with van der Waals surface area (Å²) in [6.07, 6.45) is 0. The second kappa shape index (κ2) is 7.38. The van der Waals surface area contributed by atoms with E-state index in [9.17, 15) is 0 Å². The van der Waals surface area contributed by atoms with E-state index in [1.165, 1.54) is 5.56 Å². The Labute approximate surface area is 147 Å². The van der Waals surface area contributed by atoms with Crippen molar-refractivity contribution in [2.45, 2.75) is 33.3 Å². The molecular weight excluding hydrogens is 316 g/mol. The van der Waals surface area contributed by atoms with Crippen LogP contribution in [0.3, 0.4) is 0 Å². The van der Waals surface area contributed by atoms with E-state index in [0.717, 1.165) is 22.6 Å². The van der Waals surface area contributed by atoms with Gasteiger partial charge in [-0.1, -0.05) is 26.0 Å². The highest BCUT2D eigenvalue weighted by Crippen LogP contribution is 2.26. The van der Waals surface area contributed by atoms with E-state index in [1.54, 1.807) is 7.11 Å². The summed E-state index contributed by atoms with van der Waals surface area (Å²) in [5.41, 5.74) is 3.17. The maximum Gasteiger partial charge on any atom is 0.254 e. The van der Waals surface area contributed by atoms with E-state index in [2.05, 4.69) is 42.2 Å². The molecule has 3 aromatic rings. The zero-order valence-corrected chi connectivity index (χ0v) is 14.9. The summed E-state index contributed by atoms with van der Waals surface area (Å²) in [6, 6.07) is 13.7. The summed E-state index contributed by atoms with van der Waals surface area (Å²) < 4.78 is 16.7. The number of aromatic nitrogens is 2. The first-order valence-electron chi connectivity index (χ1n) is 8.27. The maximum atomic E-state index is 5.88. The predicted molar refractivity (Wildman–Crippen MR) is 95.9 cm³/mol. The van der Waals surface area contributed by atoms with Gasteiger partial charge in [-0.3, -0.25) is 0 Å². The molecule has 0 aliphatic heterocycles. The average Bonchev–Trinajstić information content (AvgIpc) is 3.10. The minimum Gasteiger partial charge on any atom is -0.497 e. The standard InChI is InChI=1S/C20H22N2O3/c1-13(2)16-6-5-14(3)18(11-16)24-12-19-21-22-20(25-19)15-7-9-17(23-4)10-8-15/h5-11,13H,12H2,1-4H3. The third-order valence-electron chi connectivity index (χ3n) is 4.03. The van der Waals surface area contributed by atoms with E-state index >= 15 is 0 Å². The van der Waals surface area contributed by atoms with Crippen molar-refractivity contribution in [1.29, 1.82) is 0 Å². The first-order chi connectivity index (χ1) is 12.1. The van der Waals surface area contributed by atoms with Gasteiger partial charge in [-0.25, -0.2) is 0 Å². The van der Waals surface area contributed by atoms with E-state index in [0.29, 0.717) is 17.7 Å². The lowest BCUT2D eigenvalue weighted by Gasteiger charge is -2.11. The molecule has 5 heteroatoms. The number of hydrogen-bond acceptors (Lipinski definition) is 5. The second-order valence-corrected chi connectivity index (χ2v) is 6.20. The monoisotopic (exact) mass is 338 g/mol. The minimum absolute atomic E-state index is 0.242. The molecule has 0 saturated carbocycles. The topological polar surface area (TPSA) is 57.4 Å². The summed E-state index contributed by atoms with van der Waals surface area (Å²) in [6.45, 7) is 6.59. The quantitative estimate of drug-likeness (QED) is 0.649. The van der Waals surface area contributed by atoms with Crippen molar-refractivity contribution in [2.75, 3.05) is 7.11 Å². The molecule has 0 aliphatic rings. The summed E-state index contributed by atoms with van der Waals surface area (Å²) >= 11 is 0. The largest absolute Gasteiger partial charge is 0.497 e. The lowest BCUT2D eigenvalue weighted by Crippen LogP contribution is -1.99. The Morgan fingerprint density at radius 1 is 1.04 bits per heavy atom. The lowest BCUT2D eigenvalue weighted by molar-refractivity contribution is 0.262. The van der Waals surface area contributed by atoms with Crippen LogP contribution < -0.4 is 9.47 Å². The van der Waals surface area contributed by atoms with Crippen LogP contribution in [0.2, 0.25) is 0 Å². The molecular formula is C20H22N2O3. The summed E-state index contributed by atoms with van der Waals surface area (Å²) in [5.74, 6) is 2.99. The molecule has 1 heterocycles. The van der Waals surface area contributed by atoms with Crippen LogP contribution in [-0.2, 0) is 6.61 Å². The molecule has 0 saturated heterocycles. The molecule has 0 spiro atoms. The highest BCUT2D eigenvalue weighted by atomic mass is 16.5. The van der Waals surface area contributed by atoms with Gasteiger partial charge in [0.2, 0.25) is 5.89 Å². The van der Waals surface area contributed by atoms with E-state index < -0.39 is 0 Å². The molecule has 0 aliphatic carbocycles. The number of ether oxygens (including phenoxy) is 2. The van der Waals surface area contributed by atoms with Crippen LogP contribution in [0.15, 0.2) is 46.9 Å². The molecule has 1 aromatic heterocycles. The van der Waals surface area contributed by atoms with Gasteiger partial charge in [-0.05, 0) is 54.3 Å². The van der Waals surface area contributed by atoms with Crippen LogP contribution in [0.5, 0.6) is 11.5 Å². The van der Waals surface area contributed by atoms with Crippen LogP contribution in [0.1, 0.15) is 36.8 Å². The lowest BCUT2D eigenvalue weighted by atomic mass is 10.0. The molecule has 2 aromatic carbocycles. The molecule has 5 nitrogen and oxygen atoms in total. The number of aryl methyl sites for hydroxylation is 1. The number of nitrogens with zero attached hydrogens (tertiary/aromatic N) is 2. The van der Waals surface area contributed by atoms with Gasteiger partial charge in [-0.2, -0.15) is 0 Å². The zero-order valence-electron chi connectivity index (χ0n) is 14.9. The molecule has 130 valence electrons. The molecule has 0 radical (unpaired) electrons. The van der Waals surface area contributed by atoms with Crippen LogP contribution >= 0.6 is 0 Å². The maximum absolute atomic E-state index is 5.88. The second-order valence-electron chi connectivity index (χ2n) is 6.20. The van der Waals surface area contributed by atoms with Crippen molar-refractivity contribution in [3.05, 3.63) is 59.5 Å². The molecule has 25 heavy (non-hydrogen) atoms. The van der Waals surface area contributed by atoms with Crippen LogP contribution in [-0.4, -0.2) is 17.3 Å². The fraction of sp³-hybridized carbons (Fsp3) is 0.300. The minimum atomic E-state index is 0.242. The van der Waals surface area contributed by atoms with Crippen LogP contribution in [0.4, 0.5) is 0 Å². The van der Waals surface area contributed by atoms with Crippen molar-refractivity contribution >= 4 is 0 Å². The van der Waals surface area contributed by atoms with Crippen molar-refractivity contribution in [3.63, 3.8) is 0 Å². The van der Waals surface area contributed by atoms with Gasteiger partial charge in [0.05, 0.1) is 7.11 Å². The molecule has 3 rings (SSSR count). The van der Waals surface area contributed by atoms with E-state index in [1.807, 2.05) is 31.2 Å². The summed E-state index contributed by atoms with van der Waals surface area (Å²) in [5, 5.41) is 8.15. The summed E-state index contributed by atoms with van der Waals surface area (Å²) in [4.78, 5) is 0.